The molecule has 1 aliphatic carbocycles. The van der Waals surface area contributed by atoms with Crippen molar-refractivity contribution in [1.82, 2.24) is 4.98 Å². The smallest absolute Gasteiger partial charge is 0.337 e. The van der Waals surface area contributed by atoms with Gasteiger partial charge in [-0.25, -0.2) is 9.78 Å². The van der Waals surface area contributed by atoms with Gasteiger partial charge in [-0.3, -0.25) is 0 Å². The fraction of sp³-hybridized carbons (Fsp3) is 0.360. The molecule has 2 unspecified atom stereocenters. The number of carboxylic acid groups (broad SMARTS) is 1. The van der Waals surface area contributed by atoms with Gasteiger partial charge in [0.15, 0.2) is 0 Å². The van der Waals surface area contributed by atoms with E-state index in [0.29, 0.717) is 12.5 Å². The zero-order valence-electron chi connectivity index (χ0n) is 18.3. The minimum absolute atomic E-state index is 0.0263. The van der Waals surface area contributed by atoms with Gasteiger partial charge in [0.05, 0.1) is 5.56 Å². The first-order valence-corrected chi connectivity index (χ1v) is 11.3. The highest BCUT2D eigenvalue weighted by Crippen LogP contribution is 2.34. The maximum Gasteiger partial charge on any atom is 0.337 e. The third kappa shape index (κ3) is 5.76. The first-order chi connectivity index (χ1) is 14.8. The summed E-state index contributed by atoms with van der Waals surface area (Å²) in [7, 11) is 0. The number of nitrogens with zero attached hydrogens (tertiary/aromatic N) is 2. The predicted molar refractivity (Wildman–Crippen MR) is 128 cm³/mol. The van der Waals surface area contributed by atoms with Gasteiger partial charge in [0.2, 0.25) is 0 Å². The van der Waals surface area contributed by atoms with Gasteiger partial charge in [0.1, 0.15) is 17.7 Å². The van der Waals surface area contributed by atoms with Crippen LogP contribution in [-0.4, -0.2) is 28.7 Å². The molecule has 0 bridgehead atoms. The van der Waals surface area contributed by atoms with Crippen molar-refractivity contribution in [2.24, 2.45) is 5.92 Å². The molecule has 1 aliphatic rings. The lowest BCUT2D eigenvalue weighted by Gasteiger charge is -2.31. The minimum atomic E-state index is -0.978. The molecule has 164 valence electrons. The molecule has 5 nitrogen and oxygen atoms in total. The molecule has 0 radical (unpaired) electrons. The predicted octanol–water partition coefficient (Wildman–Crippen LogP) is 6.25. The van der Waals surface area contributed by atoms with Crippen molar-refractivity contribution >= 4 is 27.7 Å². The van der Waals surface area contributed by atoms with Crippen molar-refractivity contribution in [2.75, 3.05) is 11.4 Å². The Labute approximate surface area is 192 Å². The summed E-state index contributed by atoms with van der Waals surface area (Å²) < 4.78 is 7.49. The molecule has 2 aromatic rings. The van der Waals surface area contributed by atoms with E-state index in [1.165, 1.54) is 17.3 Å². The van der Waals surface area contributed by atoms with Crippen LogP contribution in [0.2, 0.25) is 0 Å². The average Bonchev–Trinajstić information content (AvgIpc) is 2.75. The zero-order chi connectivity index (χ0) is 22.5. The van der Waals surface area contributed by atoms with Crippen molar-refractivity contribution in [3.63, 3.8) is 0 Å². The molecule has 0 amide bonds. The fourth-order valence-corrected chi connectivity index (χ4v) is 4.15. The van der Waals surface area contributed by atoms with Gasteiger partial charge in [-0.2, -0.15) is 0 Å². The highest BCUT2D eigenvalue weighted by molar-refractivity contribution is 9.10. The quantitative estimate of drug-likeness (QED) is 0.448. The van der Waals surface area contributed by atoms with Crippen LogP contribution in [0, 0.1) is 5.92 Å². The van der Waals surface area contributed by atoms with E-state index in [4.69, 9.17) is 9.84 Å². The molecule has 0 saturated carbocycles. The molecule has 0 aliphatic heterocycles. The maximum absolute atomic E-state index is 11.1. The molecule has 6 heteroatoms. The Bertz CT molecular complexity index is 985. The van der Waals surface area contributed by atoms with E-state index in [2.05, 4.69) is 65.3 Å². The van der Waals surface area contributed by atoms with Gasteiger partial charge in [0, 0.05) is 29.3 Å². The molecule has 1 heterocycles. The maximum atomic E-state index is 11.1. The number of rotatable bonds is 8. The number of anilines is 1. The number of hydrogen-bond donors (Lipinski definition) is 1. The summed E-state index contributed by atoms with van der Waals surface area (Å²) in [4.78, 5) is 17.6. The lowest BCUT2D eigenvalue weighted by molar-refractivity contribution is 0.0696. The number of ether oxygens (including phenoxy) is 1. The molecular formula is C25H29BrN2O3. The lowest BCUT2D eigenvalue weighted by Crippen LogP contribution is -2.27. The van der Waals surface area contributed by atoms with Crippen LogP contribution in [0.3, 0.4) is 0 Å². The monoisotopic (exact) mass is 484 g/mol. The Balaban J connectivity index is 1.83. The second kappa shape index (κ2) is 10.1. The molecule has 31 heavy (non-hydrogen) atoms. The van der Waals surface area contributed by atoms with E-state index in [-0.39, 0.29) is 11.7 Å². The minimum Gasteiger partial charge on any atom is -0.486 e. The molecule has 0 fully saturated rings. The number of hydrogen-bond acceptors (Lipinski definition) is 4. The summed E-state index contributed by atoms with van der Waals surface area (Å²) in [5.74, 6) is 1.05. The second-order valence-corrected chi connectivity index (χ2v) is 8.96. The topological polar surface area (TPSA) is 62.7 Å². The van der Waals surface area contributed by atoms with Crippen molar-refractivity contribution in [1.29, 1.82) is 0 Å². The number of allylic oxidation sites excluding steroid dienone is 2. The fourth-order valence-electron chi connectivity index (χ4n) is 3.74. The molecule has 0 saturated heterocycles. The zero-order valence-corrected chi connectivity index (χ0v) is 19.9. The van der Waals surface area contributed by atoms with Crippen molar-refractivity contribution < 1.29 is 14.6 Å². The van der Waals surface area contributed by atoms with Crippen molar-refractivity contribution in [3.8, 4) is 5.75 Å². The third-order valence-electron chi connectivity index (χ3n) is 5.78. The molecule has 2 atom stereocenters. The van der Waals surface area contributed by atoms with E-state index in [0.717, 1.165) is 41.0 Å². The summed E-state index contributed by atoms with van der Waals surface area (Å²) in [5, 5.41) is 9.12. The highest BCUT2D eigenvalue weighted by Gasteiger charge is 2.25. The Hall–Kier alpha value is -2.60. The van der Waals surface area contributed by atoms with Crippen LogP contribution >= 0.6 is 15.9 Å². The van der Waals surface area contributed by atoms with Crippen LogP contribution < -0.4 is 9.64 Å². The van der Waals surface area contributed by atoms with E-state index in [1.807, 2.05) is 12.1 Å². The number of benzene rings is 1. The van der Waals surface area contributed by atoms with Gasteiger partial charge >= 0.3 is 5.97 Å². The van der Waals surface area contributed by atoms with Crippen LogP contribution in [0.4, 0.5) is 5.82 Å². The Morgan fingerprint density at radius 3 is 2.74 bits per heavy atom. The highest BCUT2D eigenvalue weighted by atomic mass is 79.9. The van der Waals surface area contributed by atoms with Crippen LogP contribution in [0.1, 0.15) is 49.5 Å². The Morgan fingerprint density at radius 1 is 1.35 bits per heavy atom. The molecule has 3 rings (SSSR count). The van der Waals surface area contributed by atoms with Gasteiger partial charge < -0.3 is 14.7 Å². The first-order valence-electron chi connectivity index (χ1n) is 10.5. The lowest BCUT2D eigenvalue weighted by atomic mass is 9.84. The average molecular weight is 485 g/mol. The van der Waals surface area contributed by atoms with Crippen LogP contribution in [0.25, 0.3) is 0 Å². The van der Waals surface area contributed by atoms with Crippen LogP contribution in [-0.2, 0) is 6.54 Å². The van der Waals surface area contributed by atoms with Crippen LogP contribution in [0.15, 0.2) is 64.8 Å². The SMILES string of the molecule is C=C(C)C1CC=C(C)C(Oc2ccc(Br)cc2CN(CC)c2ccc(C(=O)O)cn2)C1. The van der Waals surface area contributed by atoms with E-state index in [9.17, 15) is 4.79 Å². The van der Waals surface area contributed by atoms with Crippen molar-refractivity contribution in [2.45, 2.75) is 46.3 Å². The number of aromatic nitrogens is 1. The summed E-state index contributed by atoms with van der Waals surface area (Å²) in [6, 6.07) is 9.40. The number of carbonyl (C=O) groups is 1. The molecule has 1 aromatic heterocycles. The number of carboxylic acids is 1. The summed E-state index contributed by atoms with van der Waals surface area (Å²) in [5.41, 5.74) is 3.68. The van der Waals surface area contributed by atoms with E-state index >= 15 is 0 Å². The number of aromatic carboxylic acids is 1. The number of pyridine rings is 1. The van der Waals surface area contributed by atoms with Gasteiger partial charge in [-0.1, -0.05) is 34.2 Å². The molecule has 1 N–H and O–H groups in total. The standard InChI is InChI=1S/C25H29BrN2O3/c1-5-28(24-11-8-19(14-27-24)25(29)30)15-20-12-21(26)9-10-22(20)31-23-13-18(16(2)3)7-6-17(23)4/h6,8-12,14,18,23H,2,5,7,13,15H2,1,3-4H3,(H,29,30). The van der Waals surface area contributed by atoms with E-state index < -0.39 is 5.97 Å². The van der Waals surface area contributed by atoms with Crippen molar-refractivity contribution in [3.05, 3.63) is 75.9 Å². The molecule has 1 aromatic carbocycles. The van der Waals surface area contributed by atoms with Crippen LogP contribution in [0.5, 0.6) is 5.75 Å². The summed E-state index contributed by atoms with van der Waals surface area (Å²) in [6.07, 6.45) is 5.64. The Kier molecular flexibility index (Phi) is 7.55. The van der Waals surface area contributed by atoms with Gasteiger partial charge in [-0.05, 0) is 75.4 Å². The van der Waals surface area contributed by atoms with E-state index in [1.54, 1.807) is 12.1 Å². The largest absolute Gasteiger partial charge is 0.486 e. The second-order valence-electron chi connectivity index (χ2n) is 8.05. The summed E-state index contributed by atoms with van der Waals surface area (Å²) in [6.45, 7) is 11.7. The molecule has 0 spiro atoms. The normalized spacial score (nSPS) is 18.3. The number of halogens is 1. The summed E-state index contributed by atoms with van der Waals surface area (Å²) >= 11 is 3.58. The first kappa shape index (κ1) is 23.1. The van der Waals surface area contributed by atoms with Gasteiger partial charge in [-0.15, -0.1) is 0 Å². The van der Waals surface area contributed by atoms with Gasteiger partial charge in [0.25, 0.3) is 0 Å². The third-order valence-corrected chi connectivity index (χ3v) is 6.27. The Morgan fingerprint density at radius 2 is 2.13 bits per heavy atom. The molecular weight excluding hydrogens is 456 g/mol.